The number of hydrogen-bond donors (Lipinski definition) is 3. The smallest absolute Gasteiger partial charge is 0.212 e. The van der Waals surface area contributed by atoms with Gasteiger partial charge in [0, 0.05) is 11.1 Å². The Morgan fingerprint density at radius 3 is 2.64 bits per heavy atom. The third-order valence-electron chi connectivity index (χ3n) is 2.08. The van der Waals surface area contributed by atoms with Crippen LogP contribution >= 0.6 is 0 Å². The van der Waals surface area contributed by atoms with Crippen LogP contribution in [0.3, 0.4) is 0 Å². The zero-order valence-electron chi connectivity index (χ0n) is 7.40. The number of nitrogens with two attached hydrogens (primary N) is 3. The van der Waals surface area contributed by atoms with Gasteiger partial charge >= 0.3 is 0 Å². The van der Waals surface area contributed by atoms with Gasteiger partial charge in [-0.1, -0.05) is 0 Å². The molecule has 0 saturated heterocycles. The van der Waals surface area contributed by atoms with Crippen LogP contribution in [0.2, 0.25) is 0 Å². The fourth-order valence-electron chi connectivity index (χ4n) is 1.39. The molecule has 0 aliphatic carbocycles. The van der Waals surface area contributed by atoms with Gasteiger partial charge in [-0.3, -0.25) is 9.47 Å². The van der Waals surface area contributed by atoms with E-state index in [1.54, 1.807) is 18.2 Å². The number of nitrogens with zero attached hydrogens (tertiary/aromatic N) is 1. The minimum Gasteiger partial charge on any atom is -0.399 e. The molecule has 2 aromatic rings. The second-order valence-electron chi connectivity index (χ2n) is 3.10. The molecule has 1 aromatic carbocycles. The van der Waals surface area contributed by atoms with E-state index in [1.807, 2.05) is 0 Å². The van der Waals surface area contributed by atoms with Crippen molar-refractivity contribution in [2.75, 3.05) is 17.3 Å². The SMILES string of the molecule is Nc1ccc2c(=O)c(N)cn(N)c2c1. The van der Waals surface area contributed by atoms with E-state index in [4.69, 9.17) is 17.3 Å². The second-order valence-corrected chi connectivity index (χ2v) is 3.10. The quantitative estimate of drug-likeness (QED) is 0.398. The lowest BCUT2D eigenvalue weighted by Gasteiger charge is -2.06. The summed E-state index contributed by atoms with van der Waals surface area (Å²) in [5.74, 6) is 5.64. The highest BCUT2D eigenvalue weighted by Gasteiger charge is 2.04. The van der Waals surface area contributed by atoms with E-state index in [0.29, 0.717) is 16.6 Å². The number of hydrogen-bond acceptors (Lipinski definition) is 4. The molecule has 0 aliphatic rings. The molecule has 0 amide bonds. The van der Waals surface area contributed by atoms with Gasteiger partial charge in [-0.2, -0.15) is 0 Å². The summed E-state index contributed by atoms with van der Waals surface area (Å²) in [6, 6.07) is 4.89. The minimum atomic E-state index is -0.221. The van der Waals surface area contributed by atoms with Gasteiger partial charge < -0.3 is 17.3 Å². The van der Waals surface area contributed by atoms with E-state index in [2.05, 4.69) is 0 Å². The first-order chi connectivity index (χ1) is 6.59. The summed E-state index contributed by atoms with van der Waals surface area (Å²) >= 11 is 0. The van der Waals surface area contributed by atoms with Crippen LogP contribution in [0.5, 0.6) is 0 Å². The van der Waals surface area contributed by atoms with E-state index in [9.17, 15) is 4.79 Å². The molecule has 0 bridgehead atoms. The Kier molecular flexibility index (Phi) is 1.60. The number of nitrogen functional groups attached to an aromatic ring is 3. The molecular weight excluding hydrogens is 180 g/mol. The first-order valence-corrected chi connectivity index (χ1v) is 4.05. The van der Waals surface area contributed by atoms with Crippen molar-refractivity contribution in [3.05, 3.63) is 34.6 Å². The number of anilines is 2. The average Bonchev–Trinajstić information content (AvgIpc) is 2.14. The van der Waals surface area contributed by atoms with E-state index in [0.717, 1.165) is 0 Å². The minimum absolute atomic E-state index is 0.129. The first-order valence-electron chi connectivity index (χ1n) is 4.05. The molecule has 6 N–H and O–H groups in total. The van der Waals surface area contributed by atoms with Crippen LogP contribution in [0, 0.1) is 0 Å². The number of aromatic nitrogens is 1. The topological polar surface area (TPSA) is 100 Å². The van der Waals surface area contributed by atoms with E-state index < -0.39 is 0 Å². The summed E-state index contributed by atoms with van der Waals surface area (Å²) in [6.45, 7) is 0. The van der Waals surface area contributed by atoms with Crippen molar-refractivity contribution in [2.45, 2.75) is 0 Å². The Balaban J connectivity index is 3.02. The Bertz CT molecular complexity index is 558. The van der Waals surface area contributed by atoms with Gasteiger partial charge in [0.15, 0.2) is 0 Å². The molecule has 14 heavy (non-hydrogen) atoms. The predicted molar refractivity (Wildman–Crippen MR) is 57.2 cm³/mol. The maximum absolute atomic E-state index is 11.6. The van der Waals surface area contributed by atoms with Crippen molar-refractivity contribution in [2.24, 2.45) is 0 Å². The summed E-state index contributed by atoms with van der Waals surface area (Å²) in [7, 11) is 0. The molecule has 5 nitrogen and oxygen atoms in total. The summed E-state index contributed by atoms with van der Waals surface area (Å²) in [5.41, 5.74) is 12.1. The zero-order valence-corrected chi connectivity index (χ0v) is 7.40. The maximum atomic E-state index is 11.6. The Morgan fingerprint density at radius 1 is 1.21 bits per heavy atom. The molecule has 0 spiro atoms. The third-order valence-corrected chi connectivity index (χ3v) is 2.08. The molecule has 1 heterocycles. The molecular formula is C9H10N4O. The van der Waals surface area contributed by atoms with Crippen LogP contribution < -0.4 is 22.7 Å². The van der Waals surface area contributed by atoms with Gasteiger partial charge in [-0.25, -0.2) is 0 Å². The van der Waals surface area contributed by atoms with Crippen LogP contribution in [-0.4, -0.2) is 4.68 Å². The van der Waals surface area contributed by atoms with Gasteiger partial charge in [0.05, 0.1) is 17.4 Å². The Labute approximate surface area is 79.7 Å². The van der Waals surface area contributed by atoms with Gasteiger partial charge in [0.1, 0.15) is 0 Å². The molecule has 1 aromatic heterocycles. The van der Waals surface area contributed by atoms with Gasteiger partial charge in [-0.15, -0.1) is 0 Å². The highest BCUT2D eigenvalue weighted by molar-refractivity contribution is 5.84. The third kappa shape index (κ3) is 1.06. The number of benzene rings is 1. The summed E-state index contributed by atoms with van der Waals surface area (Å²) in [4.78, 5) is 11.6. The van der Waals surface area contributed by atoms with Crippen molar-refractivity contribution in [3.8, 4) is 0 Å². The summed E-state index contributed by atoms with van der Waals surface area (Å²) in [6.07, 6.45) is 1.38. The molecule has 2 rings (SSSR count). The fraction of sp³-hybridized carbons (Fsp3) is 0. The zero-order chi connectivity index (χ0) is 10.3. The average molecular weight is 190 g/mol. The van der Waals surface area contributed by atoms with Crippen molar-refractivity contribution in [1.82, 2.24) is 4.68 Å². The monoisotopic (exact) mass is 190 g/mol. The first kappa shape index (κ1) is 8.43. The van der Waals surface area contributed by atoms with Gasteiger partial charge in [0.25, 0.3) is 0 Å². The van der Waals surface area contributed by atoms with Crippen LogP contribution in [0.25, 0.3) is 10.9 Å². The lowest BCUT2D eigenvalue weighted by molar-refractivity contribution is 1.05. The molecule has 0 radical (unpaired) electrons. The van der Waals surface area contributed by atoms with E-state index in [1.165, 1.54) is 10.9 Å². The molecule has 0 saturated carbocycles. The summed E-state index contributed by atoms with van der Waals surface area (Å²) < 4.78 is 1.29. The van der Waals surface area contributed by atoms with Crippen LogP contribution in [-0.2, 0) is 0 Å². The van der Waals surface area contributed by atoms with Crippen LogP contribution in [0.1, 0.15) is 0 Å². The maximum Gasteiger partial charge on any atom is 0.212 e. The van der Waals surface area contributed by atoms with Crippen LogP contribution in [0.15, 0.2) is 29.2 Å². The van der Waals surface area contributed by atoms with Crippen molar-refractivity contribution in [1.29, 1.82) is 0 Å². The Hall–Kier alpha value is -2.17. The normalized spacial score (nSPS) is 10.6. The van der Waals surface area contributed by atoms with Crippen molar-refractivity contribution in [3.63, 3.8) is 0 Å². The van der Waals surface area contributed by atoms with Gasteiger partial charge in [0.2, 0.25) is 5.43 Å². The molecule has 72 valence electrons. The van der Waals surface area contributed by atoms with E-state index in [-0.39, 0.29) is 11.1 Å². The molecule has 0 aliphatic heterocycles. The highest BCUT2D eigenvalue weighted by Crippen LogP contribution is 2.14. The highest BCUT2D eigenvalue weighted by atomic mass is 16.1. The summed E-state index contributed by atoms with van der Waals surface area (Å²) in [5, 5.41) is 0.474. The molecule has 0 fully saturated rings. The molecule has 5 heteroatoms. The molecule has 0 atom stereocenters. The number of rotatable bonds is 0. The van der Waals surface area contributed by atoms with E-state index >= 15 is 0 Å². The van der Waals surface area contributed by atoms with Crippen LogP contribution in [0.4, 0.5) is 11.4 Å². The number of pyridine rings is 1. The largest absolute Gasteiger partial charge is 0.399 e. The second kappa shape index (κ2) is 2.66. The lowest BCUT2D eigenvalue weighted by atomic mass is 10.2. The predicted octanol–water partition coefficient (Wildman–Crippen LogP) is -0.120. The standard InChI is InChI=1S/C9H10N4O/c10-5-1-2-6-8(3-5)13(12)4-7(11)9(6)14/h1-4H,10-12H2. The Morgan fingerprint density at radius 2 is 1.93 bits per heavy atom. The fourth-order valence-corrected chi connectivity index (χ4v) is 1.39. The number of fused-ring (bicyclic) bond motifs is 1. The van der Waals surface area contributed by atoms with Crippen molar-refractivity contribution >= 4 is 22.3 Å². The van der Waals surface area contributed by atoms with Crippen molar-refractivity contribution < 1.29 is 0 Å². The van der Waals surface area contributed by atoms with Gasteiger partial charge in [-0.05, 0) is 18.2 Å². The lowest BCUT2D eigenvalue weighted by Crippen LogP contribution is -2.18. The molecule has 0 unspecified atom stereocenters.